The van der Waals surface area contributed by atoms with Crippen LogP contribution in [0.3, 0.4) is 0 Å². The molecule has 118 valence electrons. The van der Waals surface area contributed by atoms with E-state index in [-0.39, 0.29) is 17.9 Å². The molecule has 5 nitrogen and oxygen atoms in total. The van der Waals surface area contributed by atoms with E-state index in [4.69, 9.17) is 15.2 Å². The van der Waals surface area contributed by atoms with E-state index in [9.17, 15) is 13.6 Å². The average Bonchev–Trinajstić information content (AvgIpc) is 2.33. The van der Waals surface area contributed by atoms with Crippen LogP contribution in [0, 0.1) is 11.6 Å². The maximum atomic E-state index is 13.8. The fourth-order valence-electron chi connectivity index (χ4n) is 1.64. The number of ether oxygens (including phenoxy) is 2. The number of halogens is 2. The SMILES string of the molecule is COc1cc(F)c(C(N)CNC(=O)OC(C)(C)C)c(F)c1. The first-order valence-electron chi connectivity index (χ1n) is 6.39. The van der Waals surface area contributed by atoms with Crippen molar-refractivity contribution in [2.45, 2.75) is 32.4 Å². The summed E-state index contributed by atoms with van der Waals surface area (Å²) in [5.41, 5.74) is 4.73. The number of nitrogens with one attached hydrogen (secondary N) is 1. The van der Waals surface area contributed by atoms with Gasteiger partial charge >= 0.3 is 6.09 Å². The Kier molecular flexibility index (Phi) is 5.48. The third-order valence-electron chi connectivity index (χ3n) is 2.52. The standard InChI is InChI=1S/C14H20F2N2O3/c1-14(2,3)21-13(19)18-7-11(17)12-9(15)5-8(20-4)6-10(12)16/h5-6,11H,7,17H2,1-4H3,(H,18,19). The van der Waals surface area contributed by atoms with E-state index < -0.39 is 29.4 Å². The van der Waals surface area contributed by atoms with E-state index in [2.05, 4.69) is 5.32 Å². The lowest BCUT2D eigenvalue weighted by atomic mass is 10.1. The molecule has 1 unspecified atom stereocenters. The number of carbonyl (C=O) groups is 1. The van der Waals surface area contributed by atoms with Crippen LogP contribution in [-0.4, -0.2) is 25.3 Å². The molecule has 0 radical (unpaired) electrons. The molecule has 0 aliphatic carbocycles. The highest BCUT2D eigenvalue weighted by atomic mass is 19.1. The predicted octanol–water partition coefficient (Wildman–Crippen LogP) is 2.50. The van der Waals surface area contributed by atoms with Gasteiger partial charge < -0.3 is 20.5 Å². The van der Waals surface area contributed by atoms with Crippen LogP contribution < -0.4 is 15.8 Å². The molecule has 0 bridgehead atoms. The first-order valence-corrected chi connectivity index (χ1v) is 6.39. The van der Waals surface area contributed by atoms with Gasteiger partial charge in [-0.2, -0.15) is 0 Å². The Hall–Kier alpha value is -1.89. The van der Waals surface area contributed by atoms with Gasteiger partial charge in [0, 0.05) is 24.2 Å². The second-order valence-corrected chi connectivity index (χ2v) is 5.49. The summed E-state index contributed by atoms with van der Waals surface area (Å²) in [6.07, 6.45) is -0.702. The molecule has 7 heteroatoms. The molecule has 0 fully saturated rings. The van der Waals surface area contributed by atoms with Crippen molar-refractivity contribution in [2.24, 2.45) is 5.73 Å². The van der Waals surface area contributed by atoms with Crippen LogP contribution in [0.25, 0.3) is 0 Å². The lowest BCUT2D eigenvalue weighted by Gasteiger charge is -2.21. The Bertz CT molecular complexity index is 492. The van der Waals surface area contributed by atoms with Crippen molar-refractivity contribution in [3.8, 4) is 5.75 Å². The highest BCUT2D eigenvalue weighted by molar-refractivity contribution is 5.67. The lowest BCUT2D eigenvalue weighted by molar-refractivity contribution is 0.0524. The summed E-state index contributed by atoms with van der Waals surface area (Å²) in [5, 5.41) is 2.37. The van der Waals surface area contributed by atoms with Gasteiger partial charge in [0.15, 0.2) is 0 Å². The van der Waals surface area contributed by atoms with Crippen molar-refractivity contribution in [1.82, 2.24) is 5.32 Å². The molecule has 1 atom stereocenters. The third-order valence-corrected chi connectivity index (χ3v) is 2.52. The predicted molar refractivity (Wildman–Crippen MR) is 74.1 cm³/mol. The molecule has 0 saturated heterocycles. The lowest BCUT2D eigenvalue weighted by Crippen LogP contribution is -2.37. The molecule has 0 aromatic heterocycles. The van der Waals surface area contributed by atoms with Crippen molar-refractivity contribution < 1.29 is 23.0 Å². The van der Waals surface area contributed by atoms with Gasteiger partial charge in [0.1, 0.15) is 23.0 Å². The van der Waals surface area contributed by atoms with Gasteiger partial charge in [-0.1, -0.05) is 0 Å². The fraction of sp³-hybridized carbons (Fsp3) is 0.500. The molecule has 0 aliphatic rings. The minimum absolute atomic E-state index is 0.0565. The Morgan fingerprint density at radius 3 is 2.29 bits per heavy atom. The van der Waals surface area contributed by atoms with Crippen molar-refractivity contribution in [2.75, 3.05) is 13.7 Å². The largest absolute Gasteiger partial charge is 0.497 e. The van der Waals surface area contributed by atoms with Crippen LogP contribution in [-0.2, 0) is 4.74 Å². The first-order chi connectivity index (χ1) is 9.64. The first kappa shape index (κ1) is 17.2. The molecular formula is C14H20F2N2O3. The van der Waals surface area contributed by atoms with Gasteiger partial charge in [-0.05, 0) is 20.8 Å². The normalized spacial score (nSPS) is 12.7. The quantitative estimate of drug-likeness (QED) is 0.896. The van der Waals surface area contributed by atoms with Gasteiger partial charge in [0.2, 0.25) is 0 Å². The molecule has 0 spiro atoms. The van der Waals surface area contributed by atoms with Gasteiger partial charge in [-0.15, -0.1) is 0 Å². The summed E-state index contributed by atoms with van der Waals surface area (Å²) in [5.74, 6) is -1.60. The molecule has 0 saturated carbocycles. The van der Waals surface area contributed by atoms with Gasteiger partial charge in [-0.3, -0.25) is 0 Å². The molecular weight excluding hydrogens is 282 g/mol. The number of rotatable bonds is 4. The van der Waals surface area contributed by atoms with E-state index in [1.807, 2.05) is 0 Å². The summed E-state index contributed by atoms with van der Waals surface area (Å²) in [7, 11) is 1.30. The van der Waals surface area contributed by atoms with Gasteiger partial charge in [0.25, 0.3) is 0 Å². The van der Waals surface area contributed by atoms with Crippen molar-refractivity contribution in [3.63, 3.8) is 0 Å². The Labute approximate surface area is 122 Å². The van der Waals surface area contributed by atoms with Crippen molar-refractivity contribution in [1.29, 1.82) is 0 Å². The summed E-state index contributed by atoms with van der Waals surface area (Å²) in [6, 6.07) is 1.03. The molecule has 1 rings (SSSR count). The molecule has 21 heavy (non-hydrogen) atoms. The Morgan fingerprint density at radius 1 is 1.33 bits per heavy atom. The molecule has 0 aliphatic heterocycles. The number of methoxy groups -OCH3 is 1. The monoisotopic (exact) mass is 302 g/mol. The number of hydrogen-bond acceptors (Lipinski definition) is 4. The number of hydrogen-bond donors (Lipinski definition) is 2. The van der Waals surface area contributed by atoms with E-state index in [0.717, 1.165) is 12.1 Å². The van der Waals surface area contributed by atoms with Crippen molar-refractivity contribution in [3.05, 3.63) is 29.3 Å². The third kappa shape index (κ3) is 5.18. The van der Waals surface area contributed by atoms with Crippen molar-refractivity contribution >= 4 is 6.09 Å². The number of amides is 1. The van der Waals surface area contributed by atoms with Crippen LogP contribution in [0.5, 0.6) is 5.75 Å². The number of alkyl carbamates (subject to hydrolysis) is 1. The smallest absolute Gasteiger partial charge is 0.407 e. The molecule has 3 N–H and O–H groups in total. The minimum Gasteiger partial charge on any atom is -0.497 e. The topological polar surface area (TPSA) is 73.6 Å². The minimum atomic E-state index is -1.04. The molecule has 1 aromatic carbocycles. The summed E-state index contributed by atoms with van der Waals surface area (Å²) >= 11 is 0. The zero-order chi connectivity index (χ0) is 16.2. The molecule has 1 aromatic rings. The number of carbonyl (C=O) groups excluding carboxylic acids is 1. The highest BCUT2D eigenvalue weighted by Gasteiger charge is 2.21. The van der Waals surface area contributed by atoms with Crippen LogP contribution in [0.2, 0.25) is 0 Å². The van der Waals surface area contributed by atoms with E-state index in [0.29, 0.717) is 0 Å². The Balaban J connectivity index is 2.72. The average molecular weight is 302 g/mol. The second-order valence-electron chi connectivity index (χ2n) is 5.49. The summed E-state index contributed by atoms with van der Waals surface area (Å²) < 4.78 is 37.4. The van der Waals surface area contributed by atoms with Crippen LogP contribution >= 0.6 is 0 Å². The van der Waals surface area contributed by atoms with E-state index in [1.54, 1.807) is 20.8 Å². The van der Waals surface area contributed by atoms with Gasteiger partial charge in [0.05, 0.1) is 13.2 Å². The van der Waals surface area contributed by atoms with Crippen LogP contribution in [0.1, 0.15) is 32.4 Å². The Morgan fingerprint density at radius 2 is 1.86 bits per heavy atom. The fourth-order valence-corrected chi connectivity index (χ4v) is 1.64. The van der Waals surface area contributed by atoms with E-state index in [1.165, 1.54) is 7.11 Å². The second kappa shape index (κ2) is 6.71. The molecule has 1 amide bonds. The summed E-state index contributed by atoms with van der Waals surface area (Å²) in [6.45, 7) is 4.95. The maximum absolute atomic E-state index is 13.8. The van der Waals surface area contributed by atoms with Crippen LogP contribution in [0.4, 0.5) is 13.6 Å². The highest BCUT2D eigenvalue weighted by Crippen LogP contribution is 2.24. The van der Waals surface area contributed by atoms with Gasteiger partial charge in [-0.25, -0.2) is 13.6 Å². The molecule has 0 heterocycles. The zero-order valence-corrected chi connectivity index (χ0v) is 12.5. The number of nitrogens with two attached hydrogens (primary N) is 1. The summed E-state index contributed by atoms with van der Waals surface area (Å²) in [4.78, 5) is 11.5. The van der Waals surface area contributed by atoms with E-state index >= 15 is 0 Å². The maximum Gasteiger partial charge on any atom is 0.407 e. The van der Waals surface area contributed by atoms with Crippen LogP contribution in [0.15, 0.2) is 12.1 Å². The number of benzene rings is 1. The zero-order valence-electron chi connectivity index (χ0n) is 12.5.